The molecule has 1 heterocycles. The summed E-state index contributed by atoms with van der Waals surface area (Å²) in [6.45, 7) is 11.3. The fraction of sp³-hybridized carbons (Fsp3) is 0.588. The Labute approximate surface area is 129 Å². The van der Waals surface area contributed by atoms with Crippen LogP contribution in [0.2, 0.25) is 18.1 Å². The van der Waals surface area contributed by atoms with Gasteiger partial charge in [-0.05, 0) is 30.1 Å². The van der Waals surface area contributed by atoms with E-state index in [2.05, 4.69) is 51.3 Å². The van der Waals surface area contributed by atoms with Gasteiger partial charge in [0, 0.05) is 6.42 Å². The Morgan fingerprint density at radius 1 is 1.19 bits per heavy atom. The Balaban J connectivity index is 2.22. The van der Waals surface area contributed by atoms with Crippen LogP contribution in [0.3, 0.4) is 0 Å². The van der Waals surface area contributed by atoms with E-state index in [1.165, 1.54) is 0 Å². The first-order chi connectivity index (χ1) is 9.71. The molecular formula is C17H27NO2Si. The lowest BCUT2D eigenvalue weighted by molar-refractivity contribution is -0.125. The Hall–Kier alpha value is -1.13. The second-order valence-electron chi connectivity index (χ2n) is 7.41. The zero-order valence-electron chi connectivity index (χ0n) is 13.8. The second kappa shape index (κ2) is 5.93. The van der Waals surface area contributed by atoms with Crippen LogP contribution in [0.4, 0.5) is 0 Å². The molecule has 0 bridgehead atoms. The van der Waals surface area contributed by atoms with Gasteiger partial charge in [-0.1, -0.05) is 51.1 Å². The first kappa shape index (κ1) is 16.2. The quantitative estimate of drug-likeness (QED) is 0.856. The fourth-order valence-corrected chi connectivity index (χ4v) is 3.78. The predicted molar refractivity (Wildman–Crippen MR) is 88.6 cm³/mol. The van der Waals surface area contributed by atoms with E-state index in [9.17, 15) is 4.79 Å². The smallest absolute Gasteiger partial charge is 0.220 e. The van der Waals surface area contributed by atoms with Crippen molar-refractivity contribution < 1.29 is 9.22 Å². The zero-order valence-corrected chi connectivity index (χ0v) is 14.8. The molecule has 1 fully saturated rings. The molecule has 1 aliphatic rings. The predicted octanol–water partition coefficient (Wildman–Crippen LogP) is 4.03. The van der Waals surface area contributed by atoms with E-state index >= 15 is 0 Å². The van der Waals surface area contributed by atoms with Crippen LogP contribution in [0.5, 0.6) is 0 Å². The Kier molecular flexibility index (Phi) is 4.59. The summed E-state index contributed by atoms with van der Waals surface area (Å²) in [5.41, 5.74) is 1.13. The maximum absolute atomic E-state index is 11.8. The number of rotatable bonds is 3. The highest BCUT2D eigenvalue weighted by Crippen LogP contribution is 2.40. The van der Waals surface area contributed by atoms with Gasteiger partial charge in [0.2, 0.25) is 5.91 Å². The average molecular weight is 305 g/mol. The van der Waals surface area contributed by atoms with Crippen LogP contribution in [0.15, 0.2) is 30.3 Å². The number of nitrogens with one attached hydrogen (secondary N) is 1. The SMILES string of the molecule is CC(C)(C)[Si](C)(C)O[C@H]1CCC(=O)N[C@H]1c1ccccc1. The fourth-order valence-electron chi connectivity index (χ4n) is 2.42. The van der Waals surface area contributed by atoms with Crippen LogP contribution in [-0.4, -0.2) is 20.3 Å². The number of hydrogen-bond donors (Lipinski definition) is 1. The van der Waals surface area contributed by atoms with Crippen molar-refractivity contribution in [2.24, 2.45) is 0 Å². The molecule has 1 aromatic rings. The summed E-state index contributed by atoms with van der Waals surface area (Å²) >= 11 is 0. The largest absolute Gasteiger partial charge is 0.411 e. The number of benzene rings is 1. The molecular weight excluding hydrogens is 278 g/mol. The van der Waals surface area contributed by atoms with Gasteiger partial charge in [0.15, 0.2) is 8.32 Å². The van der Waals surface area contributed by atoms with Crippen LogP contribution in [-0.2, 0) is 9.22 Å². The van der Waals surface area contributed by atoms with Gasteiger partial charge in [-0.3, -0.25) is 4.79 Å². The maximum Gasteiger partial charge on any atom is 0.220 e. The minimum Gasteiger partial charge on any atom is -0.411 e. The van der Waals surface area contributed by atoms with Crippen LogP contribution < -0.4 is 5.32 Å². The van der Waals surface area contributed by atoms with Gasteiger partial charge in [0.05, 0.1) is 12.1 Å². The second-order valence-corrected chi connectivity index (χ2v) is 12.2. The number of carbonyl (C=O) groups is 1. The minimum atomic E-state index is -1.84. The Bertz CT molecular complexity index is 493. The third-order valence-corrected chi connectivity index (χ3v) is 9.26. The van der Waals surface area contributed by atoms with Crippen molar-refractivity contribution in [3.8, 4) is 0 Å². The molecule has 116 valence electrons. The van der Waals surface area contributed by atoms with E-state index in [0.717, 1.165) is 12.0 Å². The molecule has 0 radical (unpaired) electrons. The summed E-state index contributed by atoms with van der Waals surface area (Å²) in [6.07, 6.45) is 1.44. The average Bonchev–Trinajstić information content (AvgIpc) is 2.40. The van der Waals surface area contributed by atoms with E-state index < -0.39 is 8.32 Å². The van der Waals surface area contributed by atoms with Crippen LogP contribution >= 0.6 is 0 Å². The molecule has 21 heavy (non-hydrogen) atoms. The van der Waals surface area contributed by atoms with Gasteiger partial charge in [-0.15, -0.1) is 0 Å². The van der Waals surface area contributed by atoms with Crippen LogP contribution in [0.1, 0.15) is 45.2 Å². The molecule has 0 unspecified atom stereocenters. The summed E-state index contributed by atoms with van der Waals surface area (Å²) in [6, 6.07) is 10.1. The van der Waals surface area contributed by atoms with Gasteiger partial charge in [-0.2, -0.15) is 0 Å². The van der Waals surface area contributed by atoms with Gasteiger partial charge in [0.25, 0.3) is 0 Å². The lowest BCUT2D eigenvalue weighted by Gasteiger charge is -2.43. The van der Waals surface area contributed by atoms with E-state index in [4.69, 9.17) is 4.43 Å². The van der Waals surface area contributed by atoms with E-state index in [-0.39, 0.29) is 23.1 Å². The highest BCUT2D eigenvalue weighted by atomic mass is 28.4. The van der Waals surface area contributed by atoms with Crippen LogP contribution in [0, 0.1) is 0 Å². The zero-order chi connectivity index (χ0) is 15.7. The molecule has 0 saturated carbocycles. The van der Waals surface area contributed by atoms with Gasteiger partial charge >= 0.3 is 0 Å². The molecule has 1 amide bonds. The van der Waals surface area contributed by atoms with Gasteiger partial charge < -0.3 is 9.74 Å². The number of carbonyl (C=O) groups excluding carboxylic acids is 1. The first-order valence-electron chi connectivity index (χ1n) is 7.73. The summed E-state index contributed by atoms with van der Waals surface area (Å²) in [4.78, 5) is 11.8. The summed E-state index contributed by atoms with van der Waals surface area (Å²) in [7, 11) is -1.84. The number of hydrogen-bond acceptors (Lipinski definition) is 2. The van der Waals surface area contributed by atoms with Gasteiger partial charge in [0.1, 0.15) is 0 Å². The summed E-state index contributed by atoms with van der Waals surface area (Å²) in [5.74, 6) is 0.124. The lowest BCUT2D eigenvalue weighted by Crippen LogP contribution is -2.50. The highest BCUT2D eigenvalue weighted by Gasteiger charge is 2.42. The molecule has 4 heteroatoms. The molecule has 0 spiro atoms. The lowest BCUT2D eigenvalue weighted by atomic mass is 9.94. The number of amides is 1. The van der Waals surface area contributed by atoms with Crippen molar-refractivity contribution in [2.45, 2.75) is 63.9 Å². The summed E-state index contributed by atoms with van der Waals surface area (Å²) < 4.78 is 6.58. The number of piperidine rings is 1. The summed E-state index contributed by atoms with van der Waals surface area (Å²) in [5, 5.41) is 3.29. The normalized spacial score (nSPS) is 23.8. The standard InChI is InChI=1S/C17H27NO2Si/c1-17(2,3)21(4,5)20-14-11-12-15(19)18-16(14)13-9-7-6-8-10-13/h6-10,14,16H,11-12H2,1-5H3,(H,18,19)/t14-,16-/m0/s1. The van der Waals surface area contributed by atoms with Crippen molar-refractivity contribution in [3.63, 3.8) is 0 Å². The molecule has 1 aromatic carbocycles. The molecule has 1 saturated heterocycles. The minimum absolute atomic E-state index is 0.0263. The first-order valence-corrected chi connectivity index (χ1v) is 10.6. The van der Waals surface area contributed by atoms with Crippen molar-refractivity contribution in [3.05, 3.63) is 35.9 Å². The highest BCUT2D eigenvalue weighted by molar-refractivity contribution is 6.74. The molecule has 2 atom stereocenters. The maximum atomic E-state index is 11.8. The van der Waals surface area contributed by atoms with Crippen molar-refractivity contribution in [1.82, 2.24) is 5.32 Å². The molecule has 3 nitrogen and oxygen atoms in total. The molecule has 0 aromatic heterocycles. The van der Waals surface area contributed by atoms with E-state index in [0.29, 0.717) is 6.42 Å². The Morgan fingerprint density at radius 2 is 1.81 bits per heavy atom. The Morgan fingerprint density at radius 3 is 2.38 bits per heavy atom. The van der Waals surface area contributed by atoms with Crippen molar-refractivity contribution in [1.29, 1.82) is 0 Å². The van der Waals surface area contributed by atoms with E-state index in [1.54, 1.807) is 0 Å². The van der Waals surface area contributed by atoms with Gasteiger partial charge in [-0.25, -0.2) is 0 Å². The molecule has 0 aliphatic carbocycles. The molecule has 2 rings (SSSR count). The van der Waals surface area contributed by atoms with Crippen molar-refractivity contribution in [2.75, 3.05) is 0 Å². The monoisotopic (exact) mass is 305 g/mol. The van der Waals surface area contributed by atoms with E-state index in [1.807, 2.05) is 18.2 Å². The third kappa shape index (κ3) is 3.74. The third-order valence-electron chi connectivity index (χ3n) is 4.76. The van der Waals surface area contributed by atoms with Crippen molar-refractivity contribution >= 4 is 14.2 Å². The molecule has 1 aliphatic heterocycles. The van der Waals surface area contributed by atoms with Crippen LogP contribution in [0.25, 0.3) is 0 Å². The molecule has 1 N–H and O–H groups in total. The topological polar surface area (TPSA) is 38.3 Å².